The van der Waals surface area contributed by atoms with Crippen molar-refractivity contribution in [3.63, 3.8) is 0 Å². The maximum Gasteiger partial charge on any atom is 0.251 e. The van der Waals surface area contributed by atoms with E-state index >= 15 is 0 Å². The quantitative estimate of drug-likeness (QED) is 0.793. The number of hydrogen-bond acceptors (Lipinski definition) is 4. The number of carbonyl (C=O) groups excluding carboxylic acids is 2. The van der Waals surface area contributed by atoms with E-state index in [4.69, 9.17) is 0 Å². The number of likely N-dealkylation sites (tertiary alicyclic amines) is 1. The number of rotatable bonds is 6. The van der Waals surface area contributed by atoms with Crippen LogP contribution in [0.5, 0.6) is 0 Å². The normalized spacial score (nSPS) is 18.8. The number of nitrogens with one attached hydrogen (secondary N) is 1. The molecule has 0 aliphatic carbocycles. The second kappa shape index (κ2) is 9.72. The molecule has 2 saturated heterocycles. The van der Waals surface area contributed by atoms with Gasteiger partial charge in [-0.15, -0.1) is 0 Å². The molecule has 6 heteroatoms. The Kier molecular flexibility index (Phi) is 7.30. The Labute approximate surface area is 175 Å². The number of hydrogen-bond donors (Lipinski definition) is 1. The maximum atomic E-state index is 12.5. The Morgan fingerprint density at radius 2 is 1.41 bits per heavy atom. The number of benzene rings is 1. The summed E-state index contributed by atoms with van der Waals surface area (Å²) >= 11 is 0. The lowest BCUT2D eigenvalue weighted by Crippen LogP contribution is -2.52. The molecule has 0 bridgehead atoms. The summed E-state index contributed by atoms with van der Waals surface area (Å²) in [5.41, 5.74) is 1.84. The van der Waals surface area contributed by atoms with E-state index in [2.05, 4.69) is 35.9 Å². The molecule has 6 nitrogen and oxygen atoms in total. The van der Waals surface area contributed by atoms with Gasteiger partial charge in [0.2, 0.25) is 5.91 Å². The predicted molar refractivity (Wildman–Crippen MR) is 116 cm³/mol. The van der Waals surface area contributed by atoms with Crippen molar-refractivity contribution in [3.05, 3.63) is 35.4 Å². The van der Waals surface area contributed by atoms with Crippen molar-refractivity contribution in [2.75, 3.05) is 58.9 Å². The molecule has 160 valence electrons. The van der Waals surface area contributed by atoms with Crippen LogP contribution in [0.3, 0.4) is 0 Å². The zero-order chi connectivity index (χ0) is 20.9. The van der Waals surface area contributed by atoms with E-state index in [0.717, 1.165) is 39.3 Å². The van der Waals surface area contributed by atoms with Gasteiger partial charge < -0.3 is 15.1 Å². The minimum Gasteiger partial charge on any atom is -0.343 e. The van der Waals surface area contributed by atoms with Gasteiger partial charge in [-0.3, -0.25) is 14.5 Å². The van der Waals surface area contributed by atoms with Gasteiger partial charge in [-0.25, -0.2) is 0 Å². The van der Waals surface area contributed by atoms with E-state index in [-0.39, 0.29) is 23.8 Å². The van der Waals surface area contributed by atoms with Crippen LogP contribution < -0.4 is 5.32 Å². The van der Waals surface area contributed by atoms with E-state index in [1.54, 1.807) is 0 Å². The zero-order valence-corrected chi connectivity index (χ0v) is 18.2. The van der Waals surface area contributed by atoms with Gasteiger partial charge >= 0.3 is 0 Å². The molecule has 1 N–H and O–H groups in total. The first kappa shape index (κ1) is 21.8. The molecule has 2 fully saturated rings. The Balaban J connectivity index is 1.37. The zero-order valence-electron chi connectivity index (χ0n) is 18.2. The Morgan fingerprint density at radius 3 is 1.97 bits per heavy atom. The van der Waals surface area contributed by atoms with Crippen LogP contribution in [0.4, 0.5) is 0 Å². The lowest BCUT2D eigenvalue weighted by Gasteiger charge is -2.35. The second-order valence-electron chi connectivity index (χ2n) is 9.28. The summed E-state index contributed by atoms with van der Waals surface area (Å²) in [5, 5.41) is 2.78. The highest BCUT2D eigenvalue weighted by atomic mass is 16.2. The smallest absolute Gasteiger partial charge is 0.251 e. The van der Waals surface area contributed by atoms with Crippen molar-refractivity contribution in [1.82, 2.24) is 20.0 Å². The molecule has 3 rings (SSSR count). The number of carbonyl (C=O) groups is 2. The van der Waals surface area contributed by atoms with Crippen LogP contribution in [0.2, 0.25) is 0 Å². The molecule has 29 heavy (non-hydrogen) atoms. The van der Waals surface area contributed by atoms with Crippen molar-refractivity contribution >= 4 is 11.8 Å². The average molecular weight is 401 g/mol. The van der Waals surface area contributed by atoms with Gasteiger partial charge in [0, 0.05) is 44.8 Å². The monoisotopic (exact) mass is 400 g/mol. The van der Waals surface area contributed by atoms with Crippen molar-refractivity contribution in [1.29, 1.82) is 0 Å². The molecule has 0 radical (unpaired) electrons. The summed E-state index contributed by atoms with van der Waals surface area (Å²) in [7, 11) is 0. The van der Waals surface area contributed by atoms with E-state index < -0.39 is 0 Å². The topological polar surface area (TPSA) is 55.9 Å². The lowest BCUT2D eigenvalue weighted by molar-refractivity contribution is -0.131. The first-order valence-electron chi connectivity index (χ1n) is 10.9. The molecule has 2 heterocycles. The molecule has 2 aliphatic heterocycles. The van der Waals surface area contributed by atoms with Gasteiger partial charge in [0.05, 0.1) is 6.54 Å². The van der Waals surface area contributed by atoms with E-state index in [1.165, 1.54) is 31.5 Å². The Hall–Kier alpha value is -1.92. The van der Waals surface area contributed by atoms with Crippen molar-refractivity contribution < 1.29 is 9.59 Å². The third-order valence-corrected chi connectivity index (χ3v) is 6.07. The fraction of sp³-hybridized carbons (Fsp3) is 0.652. The van der Waals surface area contributed by atoms with Crippen LogP contribution in [-0.2, 0) is 10.2 Å². The van der Waals surface area contributed by atoms with E-state index in [0.29, 0.717) is 5.56 Å². The van der Waals surface area contributed by atoms with Crippen LogP contribution in [0.25, 0.3) is 0 Å². The van der Waals surface area contributed by atoms with Gasteiger partial charge in [0.25, 0.3) is 5.91 Å². The minimum atomic E-state index is -0.192. The first-order valence-corrected chi connectivity index (χ1v) is 10.9. The van der Waals surface area contributed by atoms with Gasteiger partial charge in [0.1, 0.15) is 0 Å². The fourth-order valence-electron chi connectivity index (χ4n) is 4.00. The highest BCUT2D eigenvalue weighted by molar-refractivity contribution is 5.96. The number of piperazine rings is 1. The molecule has 0 aromatic heterocycles. The van der Waals surface area contributed by atoms with E-state index in [9.17, 15) is 9.59 Å². The van der Waals surface area contributed by atoms with Gasteiger partial charge in [-0.1, -0.05) is 32.9 Å². The third-order valence-electron chi connectivity index (χ3n) is 6.07. The molecule has 0 saturated carbocycles. The van der Waals surface area contributed by atoms with Gasteiger partial charge in [0.15, 0.2) is 0 Å². The molecule has 2 amide bonds. The standard InChI is InChI=1S/C23H36N4O2/c1-23(2,3)20-8-6-19(7-9-20)22(29)24-18-21(28)27-16-14-26(15-17-27)13-12-25-10-4-5-11-25/h6-9H,4-5,10-18H2,1-3H3,(H,24,29). The Morgan fingerprint density at radius 1 is 0.862 bits per heavy atom. The predicted octanol–water partition coefficient (Wildman–Crippen LogP) is 1.95. The fourth-order valence-corrected chi connectivity index (χ4v) is 4.00. The van der Waals surface area contributed by atoms with Gasteiger partial charge in [-0.05, 0) is 49.0 Å². The van der Waals surface area contributed by atoms with Crippen LogP contribution in [0, 0.1) is 0 Å². The molecule has 1 aromatic rings. The highest BCUT2D eigenvalue weighted by Crippen LogP contribution is 2.22. The Bertz CT molecular complexity index is 682. The molecule has 0 atom stereocenters. The van der Waals surface area contributed by atoms with Crippen molar-refractivity contribution in [2.45, 2.75) is 39.0 Å². The molecular weight excluding hydrogens is 364 g/mol. The van der Waals surface area contributed by atoms with Crippen LogP contribution in [0.1, 0.15) is 49.5 Å². The summed E-state index contributed by atoms with van der Waals surface area (Å²) < 4.78 is 0. The van der Waals surface area contributed by atoms with Crippen LogP contribution >= 0.6 is 0 Å². The second-order valence-corrected chi connectivity index (χ2v) is 9.28. The molecule has 2 aliphatic rings. The summed E-state index contributed by atoms with van der Waals surface area (Å²) in [6, 6.07) is 7.63. The average Bonchev–Trinajstić information content (AvgIpc) is 3.24. The van der Waals surface area contributed by atoms with E-state index in [1.807, 2.05) is 29.2 Å². The third kappa shape index (κ3) is 6.28. The highest BCUT2D eigenvalue weighted by Gasteiger charge is 2.22. The van der Waals surface area contributed by atoms with Gasteiger partial charge in [-0.2, -0.15) is 0 Å². The largest absolute Gasteiger partial charge is 0.343 e. The molecular formula is C23H36N4O2. The molecule has 1 aromatic carbocycles. The van der Waals surface area contributed by atoms with Crippen molar-refractivity contribution in [3.8, 4) is 0 Å². The maximum absolute atomic E-state index is 12.5. The molecule has 0 unspecified atom stereocenters. The van der Waals surface area contributed by atoms with Crippen molar-refractivity contribution in [2.24, 2.45) is 0 Å². The summed E-state index contributed by atoms with van der Waals surface area (Å²) in [4.78, 5) is 31.7. The summed E-state index contributed by atoms with van der Waals surface area (Å²) in [6.07, 6.45) is 2.66. The SMILES string of the molecule is CC(C)(C)c1ccc(C(=O)NCC(=O)N2CCN(CCN3CCCC3)CC2)cc1. The first-order chi connectivity index (χ1) is 13.8. The summed E-state index contributed by atoms with van der Waals surface area (Å²) in [5.74, 6) is -0.188. The minimum absolute atomic E-state index is 0.00357. The molecule has 0 spiro atoms. The number of nitrogens with zero attached hydrogens (tertiary/aromatic N) is 3. The van der Waals surface area contributed by atoms with Crippen LogP contribution in [0.15, 0.2) is 24.3 Å². The summed E-state index contributed by atoms with van der Waals surface area (Å²) in [6.45, 7) is 14.5. The van der Waals surface area contributed by atoms with Crippen LogP contribution in [-0.4, -0.2) is 85.4 Å². The number of amides is 2. The lowest BCUT2D eigenvalue weighted by atomic mass is 9.87.